The van der Waals surface area contributed by atoms with Gasteiger partial charge in [-0.1, -0.05) is 39.0 Å². The lowest BCUT2D eigenvalue weighted by molar-refractivity contribution is 0.235. The summed E-state index contributed by atoms with van der Waals surface area (Å²) < 4.78 is 0. The van der Waals surface area contributed by atoms with E-state index in [1.807, 2.05) is 0 Å². The smallest absolute Gasteiger partial charge is 0.0234 e. The number of hydrogen-bond acceptors (Lipinski definition) is 1. The molecule has 1 aromatic carbocycles. The predicted octanol–water partition coefficient (Wildman–Crippen LogP) is 2.97. The van der Waals surface area contributed by atoms with Crippen LogP contribution >= 0.6 is 0 Å². The van der Waals surface area contributed by atoms with Gasteiger partial charge in [-0.15, -0.1) is 0 Å². The minimum atomic E-state index is 0.299. The summed E-state index contributed by atoms with van der Waals surface area (Å²) in [5.74, 6) is 0. The molecule has 0 bridgehead atoms. The maximum atomic E-state index is 2.41. The predicted molar refractivity (Wildman–Crippen MR) is 65.2 cm³/mol. The molecule has 15 heavy (non-hydrogen) atoms. The highest BCUT2D eigenvalue weighted by atomic mass is 15.1. The summed E-state index contributed by atoms with van der Waals surface area (Å²) >= 11 is 0. The molecular formula is C14H21N. The number of benzene rings is 1. The highest BCUT2D eigenvalue weighted by Gasteiger charge is 2.29. The first kappa shape index (κ1) is 10.7. The van der Waals surface area contributed by atoms with Crippen LogP contribution in [0.5, 0.6) is 0 Å². The normalized spacial score (nSPS) is 20.0. The first-order valence-corrected chi connectivity index (χ1v) is 5.84. The first-order valence-electron chi connectivity index (χ1n) is 5.84. The molecule has 0 aromatic heterocycles. The quantitative estimate of drug-likeness (QED) is 0.678. The van der Waals surface area contributed by atoms with Crippen molar-refractivity contribution >= 4 is 0 Å². The van der Waals surface area contributed by atoms with Gasteiger partial charge in [-0.25, -0.2) is 0 Å². The van der Waals surface area contributed by atoms with Crippen molar-refractivity contribution in [3.8, 4) is 0 Å². The number of aryl methyl sites for hydroxylation is 1. The van der Waals surface area contributed by atoms with Crippen molar-refractivity contribution < 1.29 is 0 Å². The molecule has 0 amide bonds. The molecule has 0 atom stereocenters. The second kappa shape index (κ2) is 3.64. The lowest BCUT2D eigenvalue weighted by Gasteiger charge is -2.38. The molecule has 2 rings (SSSR count). The Hall–Kier alpha value is -0.820. The summed E-state index contributed by atoms with van der Waals surface area (Å²) in [6, 6.07) is 6.99. The Labute approximate surface area is 93.1 Å². The van der Waals surface area contributed by atoms with Crippen LogP contribution in [-0.4, -0.2) is 18.5 Å². The number of hydrogen-bond donors (Lipinski definition) is 0. The number of fused-ring (bicyclic) bond motifs is 1. The van der Waals surface area contributed by atoms with Crippen LogP contribution < -0.4 is 0 Å². The Kier molecular flexibility index (Phi) is 2.59. The van der Waals surface area contributed by atoms with Crippen molar-refractivity contribution in [2.75, 3.05) is 13.6 Å². The molecule has 1 aliphatic rings. The molecule has 0 aliphatic carbocycles. The van der Waals surface area contributed by atoms with Gasteiger partial charge in [0.1, 0.15) is 0 Å². The molecule has 0 spiro atoms. The second-order valence-electron chi connectivity index (χ2n) is 5.40. The van der Waals surface area contributed by atoms with Gasteiger partial charge in [0.15, 0.2) is 0 Å². The lowest BCUT2D eigenvalue weighted by Crippen LogP contribution is -2.39. The van der Waals surface area contributed by atoms with E-state index in [4.69, 9.17) is 0 Å². The first-order chi connectivity index (χ1) is 7.03. The third kappa shape index (κ3) is 1.93. The minimum Gasteiger partial charge on any atom is -0.301 e. The zero-order chi connectivity index (χ0) is 11.1. The minimum absolute atomic E-state index is 0.299. The van der Waals surface area contributed by atoms with Gasteiger partial charge in [0.25, 0.3) is 0 Å². The fourth-order valence-corrected chi connectivity index (χ4v) is 2.72. The molecule has 82 valence electrons. The zero-order valence-electron chi connectivity index (χ0n) is 10.3. The number of likely N-dealkylation sites (N-methyl/N-ethyl adjacent to an activating group) is 1. The molecule has 1 heterocycles. The highest BCUT2D eigenvalue weighted by molar-refractivity contribution is 5.39. The summed E-state index contributed by atoms with van der Waals surface area (Å²) in [7, 11) is 2.21. The number of nitrogens with zero attached hydrogens (tertiary/aromatic N) is 1. The van der Waals surface area contributed by atoms with E-state index in [0.717, 1.165) is 19.5 Å². The van der Waals surface area contributed by atoms with Gasteiger partial charge in [-0.05, 0) is 30.2 Å². The Morgan fingerprint density at radius 1 is 1.33 bits per heavy atom. The summed E-state index contributed by atoms with van der Waals surface area (Å²) in [5.41, 5.74) is 4.82. The molecule has 0 radical (unpaired) electrons. The molecule has 0 saturated heterocycles. The SMILES string of the molecule is CCc1ccc2c(c1)C(C)(C)CN(C)C2. The van der Waals surface area contributed by atoms with Gasteiger partial charge in [0, 0.05) is 18.5 Å². The van der Waals surface area contributed by atoms with Crippen molar-refractivity contribution in [1.29, 1.82) is 0 Å². The molecule has 0 unspecified atom stereocenters. The van der Waals surface area contributed by atoms with E-state index in [1.165, 1.54) is 11.1 Å². The maximum absolute atomic E-state index is 2.41. The van der Waals surface area contributed by atoms with Gasteiger partial charge in [0.05, 0.1) is 0 Å². The van der Waals surface area contributed by atoms with Gasteiger partial charge in [-0.2, -0.15) is 0 Å². The van der Waals surface area contributed by atoms with E-state index in [2.05, 4.69) is 50.9 Å². The van der Waals surface area contributed by atoms with Gasteiger partial charge in [0.2, 0.25) is 0 Å². The van der Waals surface area contributed by atoms with Crippen LogP contribution in [0.25, 0.3) is 0 Å². The van der Waals surface area contributed by atoms with E-state index in [0.29, 0.717) is 5.41 Å². The maximum Gasteiger partial charge on any atom is 0.0234 e. The van der Waals surface area contributed by atoms with E-state index in [1.54, 1.807) is 5.56 Å². The fraction of sp³-hybridized carbons (Fsp3) is 0.571. The summed E-state index contributed by atoms with van der Waals surface area (Å²) in [6.45, 7) is 9.18. The third-order valence-corrected chi connectivity index (χ3v) is 3.42. The molecule has 0 saturated carbocycles. The van der Waals surface area contributed by atoms with Gasteiger partial charge >= 0.3 is 0 Å². The summed E-state index contributed by atoms with van der Waals surface area (Å²) in [4.78, 5) is 2.41. The Bertz CT molecular complexity index is 366. The molecule has 1 nitrogen and oxygen atoms in total. The zero-order valence-corrected chi connectivity index (χ0v) is 10.3. The molecule has 1 heteroatoms. The van der Waals surface area contributed by atoms with Crippen LogP contribution in [-0.2, 0) is 18.4 Å². The molecule has 0 N–H and O–H groups in total. The van der Waals surface area contributed by atoms with Crippen LogP contribution in [0.1, 0.15) is 37.5 Å². The molecular weight excluding hydrogens is 182 g/mol. The average Bonchev–Trinajstić information content (AvgIpc) is 2.16. The largest absolute Gasteiger partial charge is 0.301 e. The standard InChI is InChI=1S/C14H21N/c1-5-11-6-7-12-9-15(4)10-14(2,3)13(12)8-11/h6-8H,5,9-10H2,1-4H3. The van der Waals surface area contributed by atoms with Crippen LogP contribution in [0.2, 0.25) is 0 Å². The van der Waals surface area contributed by atoms with Gasteiger partial charge in [-0.3, -0.25) is 0 Å². The Morgan fingerprint density at radius 2 is 2.07 bits per heavy atom. The summed E-state index contributed by atoms with van der Waals surface area (Å²) in [5, 5.41) is 0. The number of rotatable bonds is 1. The molecule has 0 fully saturated rings. The lowest BCUT2D eigenvalue weighted by atomic mass is 9.78. The topological polar surface area (TPSA) is 3.24 Å². The van der Waals surface area contributed by atoms with E-state index >= 15 is 0 Å². The van der Waals surface area contributed by atoms with Crippen molar-refractivity contribution in [2.45, 2.75) is 39.2 Å². The van der Waals surface area contributed by atoms with Crippen molar-refractivity contribution in [3.05, 3.63) is 34.9 Å². The highest BCUT2D eigenvalue weighted by Crippen LogP contribution is 2.33. The van der Waals surface area contributed by atoms with Gasteiger partial charge < -0.3 is 4.90 Å². The molecule has 1 aromatic rings. The van der Waals surface area contributed by atoms with Crippen molar-refractivity contribution in [1.82, 2.24) is 4.90 Å². The fourth-order valence-electron chi connectivity index (χ4n) is 2.72. The van der Waals surface area contributed by atoms with Crippen LogP contribution in [0.15, 0.2) is 18.2 Å². The third-order valence-electron chi connectivity index (χ3n) is 3.42. The van der Waals surface area contributed by atoms with Crippen molar-refractivity contribution in [2.24, 2.45) is 0 Å². The Balaban J connectivity index is 2.48. The van der Waals surface area contributed by atoms with E-state index < -0.39 is 0 Å². The summed E-state index contributed by atoms with van der Waals surface area (Å²) in [6.07, 6.45) is 1.14. The van der Waals surface area contributed by atoms with E-state index in [9.17, 15) is 0 Å². The van der Waals surface area contributed by atoms with Crippen LogP contribution in [0, 0.1) is 0 Å². The Morgan fingerprint density at radius 3 is 2.73 bits per heavy atom. The van der Waals surface area contributed by atoms with E-state index in [-0.39, 0.29) is 0 Å². The van der Waals surface area contributed by atoms with Crippen molar-refractivity contribution in [3.63, 3.8) is 0 Å². The monoisotopic (exact) mass is 203 g/mol. The van der Waals surface area contributed by atoms with Crippen LogP contribution in [0.3, 0.4) is 0 Å². The average molecular weight is 203 g/mol. The molecule has 1 aliphatic heterocycles. The second-order valence-corrected chi connectivity index (χ2v) is 5.40. The van der Waals surface area contributed by atoms with Crippen LogP contribution in [0.4, 0.5) is 0 Å².